The van der Waals surface area contributed by atoms with Crippen LogP contribution in [0.4, 0.5) is 4.79 Å². The van der Waals surface area contributed by atoms with E-state index in [0.717, 1.165) is 0 Å². The summed E-state index contributed by atoms with van der Waals surface area (Å²) in [6, 6.07) is 16.3. The summed E-state index contributed by atoms with van der Waals surface area (Å²) in [5.74, 6) is 2.46. The largest absolute Gasteiger partial charge is 0.448 e. The number of piperidine rings is 1. The third-order valence-corrected chi connectivity index (χ3v) is 6.80. The number of rotatable bonds is 4. The predicted octanol–water partition coefficient (Wildman–Crippen LogP) is 4.01. The highest BCUT2D eigenvalue weighted by molar-refractivity contribution is 5.84. The lowest BCUT2D eigenvalue weighted by molar-refractivity contribution is -0.130. The molecular formula is C26H25NO4. The number of terminal acetylenes is 1. The average molecular weight is 415 g/mol. The van der Waals surface area contributed by atoms with Crippen LogP contribution in [0, 0.1) is 18.3 Å². The minimum atomic E-state index is -0.317. The second-order valence-electron chi connectivity index (χ2n) is 8.57. The third kappa shape index (κ3) is 3.51. The number of carbonyl (C=O) groups is 2. The Morgan fingerprint density at radius 3 is 2.16 bits per heavy atom. The van der Waals surface area contributed by atoms with Crippen molar-refractivity contribution < 1.29 is 19.1 Å². The number of benzene rings is 2. The molecule has 3 aliphatic rings. The van der Waals surface area contributed by atoms with Crippen LogP contribution in [-0.2, 0) is 14.3 Å². The molecule has 0 spiro atoms. The Bertz CT molecular complexity index is 996. The van der Waals surface area contributed by atoms with Gasteiger partial charge in [-0.3, -0.25) is 9.69 Å². The number of hydrogen-bond acceptors (Lipinski definition) is 4. The zero-order valence-electron chi connectivity index (χ0n) is 17.3. The van der Waals surface area contributed by atoms with E-state index in [4.69, 9.17) is 15.9 Å². The van der Waals surface area contributed by atoms with Crippen molar-refractivity contribution in [3.63, 3.8) is 0 Å². The smallest absolute Gasteiger partial charge is 0.410 e. The van der Waals surface area contributed by atoms with Crippen LogP contribution in [0.25, 0.3) is 11.1 Å². The summed E-state index contributed by atoms with van der Waals surface area (Å²) in [7, 11) is 0. The first-order chi connectivity index (χ1) is 15.2. The molecule has 2 bridgehead atoms. The fourth-order valence-corrected chi connectivity index (χ4v) is 5.39. The first kappa shape index (κ1) is 19.8. The molecule has 31 heavy (non-hydrogen) atoms. The molecule has 5 rings (SSSR count). The fourth-order valence-electron chi connectivity index (χ4n) is 5.39. The van der Waals surface area contributed by atoms with Crippen LogP contribution in [0.2, 0.25) is 0 Å². The highest BCUT2D eigenvalue weighted by Crippen LogP contribution is 2.44. The summed E-state index contributed by atoms with van der Waals surface area (Å²) in [6.45, 7) is 1.16. The van der Waals surface area contributed by atoms with Crippen LogP contribution in [-0.4, -0.2) is 48.7 Å². The molecule has 2 atom stereocenters. The summed E-state index contributed by atoms with van der Waals surface area (Å²) < 4.78 is 11.5. The summed E-state index contributed by atoms with van der Waals surface area (Å²) >= 11 is 0. The lowest BCUT2D eigenvalue weighted by Gasteiger charge is -2.47. The van der Waals surface area contributed by atoms with Crippen LogP contribution < -0.4 is 0 Å². The van der Waals surface area contributed by atoms with E-state index in [9.17, 15) is 9.59 Å². The molecule has 2 unspecified atom stereocenters. The Morgan fingerprint density at radius 1 is 1.00 bits per heavy atom. The highest BCUT2D eigenvalue weighted by atomic mass is 16.6. The molecule has 0 aromatic heterocycles. The van der Waals surface area contributed by atoms with Gasteiger partial charge in [-0.05, 0) is 35.1 Å². The molecule has 2 saturated heterocycles. The monoisotopic (exact) mass is 415 g/mol. The SMILES string of the molecule is C#CCC(=O)C1CC2COCC(C1)N2C(=O)OCC1c2ccccc2-c2ccccc21. The lowest BCUT2D eigenvalue weighted by Crippen LogP contribution is -2.60. The maximum atomic E-state index is 13.1. The summed E-state index contributed by atoms with van der Waals surface area (Å²) in [5.41, 5.74) is 4.80. The van der Waals surface area contributed by atoms with E-state index < -0.39 is 0 Å². The van der Waals surface area contributed by atoms with E-state index in [1.807, 2.05) is 24.3 Å². The molecule has 1 aliphatic carbocycles. The minimum absolute atomic E-state index is 0.0298. The second kappa shape index (κ2) is 8.20. The van der Waals surface area contributed by atoms with E-state index >= 15 is 0 Å². The number of hydrogen-bond donors (Lipinski definition) is 0. The van der Waals surface area contributed by atoms with Gasteiger partial charge in [0.15, 0.2) is 0 Å². The molecule has 0 radical (unpaired) electrons. The number of morpholine rings is 1. The first-order valence-electron chi connectivity index (χ1n) is 10.8. The highest BCUT2D eigenvalue weighted by Gasteiger charge is 2.44. The van der Waals surface area contributed by atoms with Crippen LogP contribution in [0.15, 0.2) is 48.5 Å². The maximum Gasteiger partial charge on any atom is 0.410 e. The van der Waals surface area contributed by atoms with Gasteiger partial charge >= 0.3 is 6.09 Å². The van der Waals surface area contributed by atoms with Crippen molar-refractivity contribution in [3.05, 3.63) is 59.7 Å². The van der Waals surface area contributed by atoms with Crippen LogP contribution in [0.5, 0.6) is 0 Å². The Hall–Kier alpha value is -3.10. The third-order valence-electron chi connectivity index (χ3n) is 6.80. The molecule has 0 saturated carbocycles. The number of nitrogens with zero attached hydrogens (tertiary/aromatic N) is 1. The maximum absolute atomic E-state index is 13.1. The Balaban J connectivity index is 1.30. The zero-order valence-corrected chi connectivity index (χ0v) is 17.3. The van der Waals surface area contributed by atoms with Gasteiger partial charge < -0.3 is 9.47 Å². The summed E-state index contributed by atoms with van der Waals surface area (Å²) in [5, 5.41) is 0. The van der Waals surface area contributed by atoms with Crippen LogP contribution >= 0.6 is 0 Å². The number of ketones is 1. The molecular weight excluding hydrogens is 390 g/mol. The van der Waals surface area contributed by atoms with E-state index in [1.54, 1.807) is 4.90 Å². The molecule has 0 N–H and O–H groups in total. The first-order valence-corrected chi connectivity index (χ1v) is 10.8. The number of Topliss-reactive ketones (excluding diaryl/α,β-unsaturated/α-hetero) is 1. The normalized spacial score (nSPS) is 24.1. The Labute approximate surface area is 182 Å². The van der Waals surface area contributed by atoms with Crippen LogP contribution in [0.3, 0.4) is 0 Å². The van der Waals surface area contributed by atoms with E-state index in [-0.39, 0.29) is 42.2 Å². The number of fused-ring (bicyclic) bond motifs is 5. The summed E-state index contributed by atoms with van der Waals surface area (Å²) in [6.07, 6.45) is 6.32. The van der Waals surface area contributed by atoms with Crippen molar-refractivity contribution in [2.24, 2.45) is 5.92 Å². The van der Waals surface area contributed by atoms with Gasteiger partial charge in [0, 0.05) is 11.8 Å². The molecule has 2 aliphatic heterocycles. The van der Waals surface area contributed by atoms with E-state index in [1.165, 1.54) is 22.3 Å². The molecule has 5 nitrogen and oxygen atoms in total. The predicted molar refractivity (Wildman–Crippen MR) is 116 cm³/mol. The van der Waals surface area contributed by atoms with E-state index in [2.05, 4.69) is 30.2 Å². The van der Waals surface area contributed by atoms with Gasteiger partial charge in [-0.1, -0.05) is 54.5 Å². The average Bonchev–Trinajstić information content (AvgIpc) is 3.10. The van der Waals surface area contributed by atoms with Crippen molar-refractivity contribution in [1.29, 1.82) is 0 Å². The quantitative estimate of drug-likeness (QED) is 0.708. The van der Waals surface area contributed by atoms with Gasteiger partial charge in [0.2, 0.25) is 0 Å². The van der Waals surface area contributed by atoms with E-state index in [0.29, 0.717) is 32.7 Å². The van der Waals surface area contributed by atoms with Crippen molar-refractivity contribution in [2.45, 2.75) is 37.3 Å². The molecule has 2 aromatic rings. The molecule has 158 valence electrons. The fraction of sp³-hybridized carbons (Fsp3) is 0.385. The molecule has 1 amide bonds. The van der Waals surface area contributed by atoms with Gasteiger partial charge in [-0.2, -0.15) is 0 Å². The Kier molecular flexibility index (Phi) is 5.25. The minimum Gasteiger partial charge on any atom is -0.448 e. The standard InChI is InChI=1S/C26H25NO4/c1-2-7-25(28)17-12-18-14-30-15-19(13-17)27(18)26(29)31-16-24-22-10-5-3-8-20(22)21-9-4-6-11-23(21)24/h1,3-6,8-11,17-19,24H,7,12-16H2. The molecule has 2 aromatic carbocycles. The second-order valence-corrected chi connectivity index (χ2v) is 8.57. The van der Waals surface area contributed by atoms with Gasteiger partial charge in [-0.25, -0.2) is 4.79 Å². The van der Waals surface area contributed by atoms with Crippen molar-refractivity contribution >= 4 is 11.9 Å². The van der Waals surface area contributed by atoms with Gasteiger partial charge in [-0.15, -0.1) is 6.42 Å². The summed E-state index contributed by atoms with van der Waals surface area (Å²) in [4.78, 5) is 27.2. The number of ether oxygens (including phenoxy) is 2. The topological polar surface area (TPSA) is 55.8 Å². The molecule has 5 heteroatoms. The molecule has 2 heterocycles. The van der Waals surface area contributed by atoms with Crippen LogP contribution in [0.1, 0.15) is 36.3 Å². The lowest BCUT2D eigenvalue weighted by atomic mass is 9.82. The molecule has 2 fully saturated rings. The Morgan fingerprint density at radius 2 is 1.58 bits per heavy atom. The van der Waals surface area contributed by atoms with Crippen molar-refractivity contribution in [1.82, 2.24) is 4.90 Å². The number of carbonyl (C=O) groups excluding carboxylic acids is 2. The van der Waals surface area contributed by atoms with Gasteiger partial charge in [0.25, 0.3) is 0 Å². The zero-order chi connectivity index (χ0) is 21.4. The van der Waals surface area contributed by atoms with Crippen molar-refractivity contribution in [2.75, 3.05) is 19.8 Å². The van der Waals surface area contributed by atoms with Crippen molar-refractivity contribution in [3.8, 4) is 23.5 Å². The number of amides is 1. The van der Waals surface area contributed by atoms with Gasteiger partial charge in [0.1, 0.15) is 12.4 Å². The van der Waals surface area contributed by atoms with Gasteiger partial charge in [0.05, 0.1) is 31.7 Å².